The first-order chi connectivity index (χ1) is 20.7. The van der Waals surface area contributed by atoms with Crippen LogP contribution in [0.1, 0.15) is 35.6 Å². The number of nitrogens with two attached hydrogens (primary N) is 2. The summed E-state index contributed by atoms with van der Waals surface area (Å²) in [5.41, 5.74) is 9.49. The highest BCUT2D eigenvalue weighted by Crippen LogP contribution is 2.45. The van der Waals surface area contributed by atoms with E-state index in [4.69, 9.17) is 0 Å². The van der Waals surface area contributed by atoms with Crippen LogP contribution in [0.15, 0.2) is 162 Å². The van der Waals surface area contributed by atoms with E-state index in [0.717, 1.165) is 24.1 Å². The lowest BCUT2D eigenvalue weighted by Crippen LogP contribution is -2.22. The second kappa shape index (κ2) is 14.4. The molecule has 0 aromatic heterocycles. The van der Waals surface area contributed by atoms with Crippen molar-refractivity contribution in [2.24, 2.45) is 11.7 Å². The van der Waals surface area contributed by atoms with Crippen molar-refractivity contribution in [3.63, 3.8) is 0 Å². The number of allylic oxidation sites excluding steroid dienone is 8. The van der Waals surface area contributed by atoms with Gasteiger partial charge >= 0.3 is 0 Å². The zero-order chi connectivity index (χ0) is 29.1. The molecular weight excluding hydrogens is 533 g/mol. The van der Waals surface area contributed by atoms with Crippen LogP contribution in [0.4, 0.5) is 5.69 Å². The van der Waals surface area contributed by atoms with Gasteiger partial charge in [-0.25, -0.2) is 0 Å². The van der Waals surface area contributed by atoms with Crippen molar-refractivity contribution < 1.29 is 0 Å². The average molecular weight is 569 g/mol. The van der Waals surface area contributed by atoms with E-state index in [1.54, 1.807) is 0 Å². The van der Waals surface area contributed by atoms with Gasteiger partial charge in [-0.05, 0) is 88.7 Å². The summed E-state index contributed by atoms with van der Waals surface area (Å²) in [4.78, 5) is 2.58. The molecule has 0 radical (unpaired) electrons. The zero-order valence-electron chi connectivity index (χ0n) is 23.5. The topological polar surface area (TPSA) is 76.1 Å². The Morgan fingerprint density at radius 2 is 1.64 bits per heavy atom. The maximum absolute atomic E-state index is 4.36. The molecule has 0 saturated heterocycles. The predicted molar refractivity (Wildman–Crippen MR) is 180 cm³/mol. The number of rotatable bonds is 9. The standard InChI is InChI=1S/C37H32N2S.H4N2/c1-27(33-23-22-32-26-35(33)34-20-8-9-21-36(34)40-32)13-10-11-24-38-31-19-12-16-29(25-31)37(28-14-4-2-5-15-28)39-30-17-6-3-7-18-30;1-2/h2-6,8-17,19-26,37-39H,1,7,18H2;1-2H2/b13-10-,24-11-;. The Balaban J connectivity index is 0.00000173. The van der Waals surface area contributed by atoms with Crippen molar-refractivity contribution in [1.82, 2.24) is 5.32 Å². The monoisotopic (exact) mass is 568 g/mol. The SMILES string of the molecule is C=C(/C=C\C=C/Nc1cccc(C(NC2=CC=CCC2)c2ccccc2)c1)c1ccc2cc1-c1ccccc1S2.NN. The summed E-state index contributed by atoms with van der Waals surface area (Å²) >= 11 is 1.82. The average Bonchev–Trinajstić information content (AvgIpc) is 3.05. The minimum atomic E-state index is 0.0869. The van der Waals surface area contributed by atoms with Crippen molar-refractivity contribution in [2.45, 2.75) is 28.7 Å². The fourth-order valence-corrected chi connectivity index (χ4v) is 6.18. The van der Waals surface area contributed by atoms with Crippen LogP contribution >= 0.6 is 11.8 Å². The van der Waals surface area contributed by atoms with Crippen molar-refractivity contribution in [3.8, 4) is 11.1 Å². The van der Waals surface area contributed by atoms with Gasteiger partial charge in [0.15, 0.2) is 0 Å². The minimum Gasteiger partial charge on any atom is -0.377 e. The van der Waals surface area contributed by atoms with Crippen LogP contribution in [0.5, 0.6) is 0 Å². The number of nitrogens with one attached hydrogen (secondary N) is 2. The van der Waals surface area contributed by atoms with Crippen molar-refractivity contribution in [1.29, 1.82) is 0 Å². The zero-order valence-corrected chi connectivity index (χ0v) is 24.4. The van der Waals surface area contributed by atoms with Crippen LogP contribution in [0.2, 0.25) is 0 Å². The van der Waals surface area contributed by atoms with E-state index >= 15 is 0 Å². The molecule has 4 aromatic carbocycles. The summed E-state index contributed by atoms with van der Waals surface area (Å²) in [5.74, 6) is 8.00. The molecule has 0 amide bonds. The third-order valence-corrected chi connectivity index (χ3v) is 8.26. The molecule has 1 unspecified atom stereocenters. The van der Waals surface area contributed by atoms with E-state index in [1.807, 2.05) is 30.1 Å². The molecule has 0 saturated carbocycles. The molecular formula is C37H36N4S. The molecule has 6 N–H and O–H groups in total. The van der Waals surface area contributed by atoms with E-state index in [-0.39, 0.29) is 6.04 Å². The lowest BCUT2D eigenvalue weighted by Gasteiger charge is -2.24. The number of benzene rings is 4. The van der Waals surface area contributed by atoms with Crippen LogP contribution < -0.4 is 22.3 Å². The molecule has 4 aromatic rings. The Kier molecular flexibility index (Phi) is 9.91. The van der Waals surface area contributed by atoms with Gasteiger partial charge in [-0.2, -0.15) is 0 Å². The lowest BCUT2D eigenvalue weighted by molar-refractivity contribution is 0.658. The largest absolute Gasteiger partial charge is 0.377 e. The van der Waals surface area contributed by atoms with Gasteiger partial charge < -0.3 is 10.6 Å². The second-order valence-electron chi connectivity index (χ2n) is 9.97. The second-order valence-corrected chi connectivity index (χ2v) is 11.1. The van der Waals surface area contributed by atoms with Crippen LogP contribution in [-0.2, 0) is 0 Å². The summed E-state index contributed by atoms with van der Waals surface area (Å²) in [6.07, 6.45) is 16.8. The van der Waals surface area contributed by atoms with Crippen molar-refractivity contribution >= 4 is 23.0 Å². The lowest BCUT2D eigenvalue weighted by atomic mass is 9.94. The summed E-state index contributed by atoms with van der Waals surface area (Å²) < 4.78 is 0. The summed E-state index contributed by atoms with van der Waals surface area (Å²) in [6, 6.07) is 34.6. The molecule has 1 aliphatic carbocycles. The van der Waals surface area contributed by atoms with E-state index in [9.17, 15) is 0 Å². The summed E-state index contributed by atoms with van der Waals surface area (Å²) in [7, 11) is 0. The Bertz CT molecular complexity index is 1650. The van der Waals surface area contributed by atoms with E-state index in [1.165, 1.54) is 43.3 Å². The highest BCUT2D eigenvalue weighted by molar-refractivity contribution is 7.99. The first-order valence-electron chi connectivity index (χ1n) is 14.1. The predicted octanol–water partition coefficient (Wildman–Crippen LogP) is 8.75. The van der Waals surface area contributed by atoms with Crippen LogP contribution in [0.3, 0.4) is 0 Å². The van der Waals surface area contributed by atoms with Gasteiger partial charge in [0.25, 0.3) is 0 Å². The number of hydrogen-bond acceptors (Lipinski definition) is 5. The Morgan fingerprint density at radius 1 is 0.833 bits per heavy atom. The van der Waals surface area contributed by atoms with Crippen LogP contribution in [0.25, 0.3) is 16.7 Å². The Morgan fingerprint density at radius 3 is 2.48 bits per heavy atom. The number of hydrazine groups is 1. The van der Waals surface area contributed by atoms with E-state index in [0.29, 0.717) is 0 Å². The first-order valence-corrected chi connectivity index (χ1v) is 14.9. The third-order valence-electron chi connectivity index (χ3n) is 7.19. The summed E-state index contributed by atoms with van der Waals surface area (Å²) in [6.45, 7) is 4.36. The van der Waals surface area contributed by atoms with E-state index in [2.05, 4.69) is 150 Å². The van der Waals surface area contributed by atoms with Gasteiger partial charge in [0.1, 0.15) is 0 Å². The summed E-state index contributed by atoms with van der Waals surface area (Å²) in [5, 5.41) is 7.23. The van der Waals surface area contributed by atoms with Crippen molar-refractivity contribution in [2.75, 3.05) is 5.32 Å². The number of fused-ring (bicyclic) bond motifs is 4. The van der Waals surface area contributed by atoms with Crippen molar-refractivity contribution in [3.05, 3.63) is 169 Å². The van der Waals surface area contributed by atoms with Gasteiger partial charge in [-0.15, -0.1) is 0 Å². The van der Waals surface area contributed by atoms with Gasteiger partial charge in [0, 0.05) is 27.4 Å². The smallest absolute Gasteiger partial charge is 0.0765 e. The Hall–Kier alpha value is -4.55. The Labute approximate surface area is 253 Å². The highest BCUT2D eigenvalue weighted by Gasteiger charge is 2.18. The normalized spacial score (nSPS) is 14.0. The number of hydrogen-bond donors (Lipinski definition) is 4. The molecule has 210 valence electrons. The first kappa shape index (κ1) is 29.0. The van der Waals surface area contributed by atoms with Crippen LogP contribution in [0, 0.1) is 0 Å². The molecule has 5 heteroatoms. The molecule has 0 spiro atoms. The van der Waals surface area contributed by atoms with Gasteiger partial charge in [0.2, 0.25) is 0 Å². The number of anilines is 1. The molecule has 1 heterocycles. The maximum Gasteiger partial charge on any atom is 0.0765 e. The molecule has 0 fully saturated rings. The molecule has 42 heavy (non-hydrogen) atoms. The fraction of sp³-hybridized carbons (Fsp3) is 0.0811. The highest BCUT2D eigenvalue weighted by atomic mass is 32.2. The fourth-order valence-electron chi connectivity index (χ4n) is 5.18. The molecule has 1 aliphatic heterocycles. The third kappa shape index (κ3) is 7.01. The minimum absolute atomic E-state index is 0.0869. The molecule has 6 rings (SSSR count). The van der Waals surface area contributed by atoms with E-state index < -0.39 is 0 Å². The van der Waals surface area contributed by atoms with Gasteiger partial charge in [-0.3, -0.25) is 11.7 Å². The molecule has 4 nitrogen and oxygen atoms in total. The van der Waals surface area contributed by atoms with Gasteiger partial charge in [0.05, 0.1) is 6.04 Å². The molecule has 2 bridgehead atoms. The molecule has 2 aliphatic rings. The maximum atomic E-state index is 4.36. The molecule has 1 atom stereocenters. The quantitative estimate of drug-likeness (QED) is 0.0812. The van der Waals surface area contributed by atoms with Gasteiger partial charge in [-0.1, -0.05) is 109 Å². The van der Waals surface area contributed by atoms with Crippen LogP contribution in [-0.4, -0.2) is 0 Å².